The van der Waals surface area contributed by atoms with E-state index in [1.165, 1.54) is 6.08 Å². The van der Waals surface area contributed by atoms with Gasteiger partial charge in [-0.2, -0.15) is 0 Å². The van der Waals surface area contributed by atoms with E-state index in [-0.39, 0.29) is 26.2 Å². The number of esters is 3. The molecule has 25 heavy (non-hydrogen) atoms. The number of rotatable bonds is 13. The van der Waals surface area contributed by atoms with Crippen molar-refractivity contribution in [3.05, 3.63) is 50.6 Å². The Labute approximate surface area is 145 Å². The third-order valence-corrected chi connectivity index (χ3v) is 3.09. The minimum absolute atomic E-state index is 0.0354. The third kappa shape index (κ3) is 8.63. The molecule has 1 unspecified atom stereocenters. The summed E-state index contributed by atoms with van der Waals surface area (Å²) in [7, 11) is 0. The Hall–Kier alpha value is -2.71. The molecular weight excluding hydrogens is 332 g/mol. The summed E-state index contributed by atoms with van der Waals surface area (Å²) >= 11 is 0. The number of carbonyl (C=O) groups excluding carboxylic acids is 3. The molecule has 1 N–H and O–H groups in total. The lowest BCUT2D eigenvalue weighted by Crippen LogP contribution is -2.42. The van der Waals surface area contributed by atoms with Gasteiger partial charge in [-0.25, -0.2) is 19.3 Å². The first-order chi connectivity index (χ1) is 11.9. The van der Waals surface area contributed by atoms with Crippen molar-refractivity contribution in [2.24, 2.45) is 5.41 Å². The molecule has 0 amide bonds. The molecule has 0 aromatic rings. The van der Waals surface area contributed by atoms with Crippen molar-refractivity contribution in [1.82, 2.24) is 0 Å². The van der Waals surface area contributed by atoms with Crippen LogP contribution in [-0.4, -0.2) is 49.1 Å². The van der Waals surface area contributed by atoms with Gasteiger partial charge in [-0.3, -0.25) is 5.26 Å². The van der Waals surface area contributed by atoms with Crippen LogP contribution >= 0.6 is 0 Å². The average Bonchev–Trinajstić information content (AvgIpc) is 2.65. The molecule has 0 rings (SSSR count). The Kier molecular flexibility index (Phi) is 10.5. The lowest BCUT2D eigenvalue weighted by Gasteiger charge is -2.33. The quantitative estimate of drug-likeness (QED) is 0.133. The van der Waals surface area contributed by atoms with Crippen LogP contribution in [0.5, 0.6) is 0 Å². The van der Waals surface area contributed by atoms with E-state index in [0.717, 1.165) is 18.2 Å². The predicted octanol–water partition coefficient (Wildman–Crippen LogP) is 1.59. The van der Waals surface area contributed by atoms with E-state index in [0.29, 0.717) is 0 Å². The highest BCUT2D eigenvalue weighted by Gasteiger charge is 2.38. The fourth-order valence-electron chi connectivity index (χ4n) is 1.74. The monoisotopic (exact) mass is 354 g/mol. The van der Waals surface area contributed by atoms with Gasteiger partial charge in [0.1, 0.15) is 25.9 Å². The number of ether oxygens (including phenoxy) is 3. The first-order valence-corrected chi connectivity index (χ1v) is 7.16. The van der Waals surface area contributed by atoms with E-state index in [1.807, 2.05) is 0 Å². The minimum Gasteiger partial charge on any atom is -0.462 e. The second-order valence-electron chi connectivity index (χ2n) is 5.02. The molecule has 0 spiro atoms. The molecule has 0 heterocycles. The lowest BCUT2D eigenvalue weighted by atomic mass is 9.84. The summed E-state index contributed by atoms with van der Waals surface area (Å²) in [4.78, 5) is 38.4. The fourth-order valence-corrected chi connectivity index (χ4v) is 1.74. The second kappa shape index (κ2) is 11.8. The molecule has 0 saturated heterocycles. The fraction of sp³-hybridized carbons (Fsp3) is 0.353. The standard InChI is InChI=1S/C17H22O8/c1-5-13(25-21)9-17(10-22-14(18)6-2,11-23-15(19)7-3)12-24-16(20)8-4/h5-8,13,21H,1-4,9-12H2. The van der Waals surface area contributed by atoms with Gasteiger partial charge in [0.2, 0.25) is 0 Å². The van der Waals surface area contributed by atoms with Crippen LogP contribution in [0.3, 0.4) is 0 Å². The van der Waals surface area contributed by atoms with Gasteiger partial charge in [0.05, 0.1) is 5.41 Å². The zero-order chi connectivity index (χ0) is 19.3. The van der Waals surface area contributed by atoms with Gasteiger partial charge in [0, 0.05) is 18.2 Å². The Morgan fingerprint density at radius 3 is 1.44 bits per heavy atom. The van der Waals surface area contributed by atoms with Crippen LogP contribution in [0.4, 0.5) is 0 Å². The maximum atomic E-state index is 11.4. The lowest BCUT2D eigenvalue weighted by molar-refractivity contribution is -0.274. The van der Waals surface area contributed by atoms with E-state index < -0.39 is 29.4 Å². The minimum atomic E-state index is -1.21. The number of hydrogen-bond donors (Lipinski definition) is 1. The Bertz CT molecular complexity index is 463. The summed E-state index contributed by atoms with van der Waals surface area (Å²) in [5.74, 6) is -2.18. The molecule has 0 aliphatic carbocycles. The van der Waals surface area contributed by atoms with Gasteiger partial charge in [0.15, 0.2) is 0 Å². The normalized spacial score (nSPS) is 11.6. The molecule has 0 aliphatic heterocycles. The molecule has 8 nitrogen and oxygen atoms in total. The summed E-state index contributed by atoms with van der Waals surface area (Å²) < 4.78 is 15.0. The molecule has 0 aromatic heterocycles. The van der Waals surface area contributed by atoms with Crippen molar-refractivity contribution < 1.29 is 38.7 Å². The second-order valence-corrected chi connectivity index (χ2v) is 5.02. The van der Waals surface area contributed by atoms with Crippen molar-refractivity contribution >= 4 is 17.9 Å². The van der Waals surface area contributed by atoms with Crippen molar-refractivity contribution in [3.8, 4) is 0 Å². The third-order valence-electron chi connectivity index (χ3n) is 3.09. The molecule has 0 radical (unpaired) electrons. The maximum Gasteiger partial charge on any atom is 0.330 e. The molecule has 0 aromatic carbocycles. The van der Waals surface area contributed by atoms with Crippen LogP contribution in [-0.2, 0) is 33.5 Å². The highest BCUT2D eigenvalue weighted by Crippen LogP contribution is 2.28. The first kappa shape index (κ1) is 22.3. The van der Waals surface area contributed by atoms with Crippen molar-refractivity contribution in [2.75, 3.05) is 19.8 Å². The van der Waals surface area contributed by atoms with E-state index in [1.54, 1.807) is 0 Å². The summed E-state index contributed by atoms with van der Waals surface area (Å²) in [6.45, 7) is 12.4. The summed E-state index contributed by atoms with van der Waals surface area (Å²) in [6, 6.07) is 0. The highest BCUT2D eigenvalue weighted by molar-refractivity contribution is 5.82. The van der Waals surface area contributed by atoms with Gasteiger partial charge in [0.25, 0.3) is 0 Å². The van der Waals surface area contributed by atoms with Crippen LogP contribution in [0.1, 0.15) is 6.42 Å². The van der Waals surface area contributed by atoms with Crippen LogP contribution < -0.4 is 0 Å². The Balaban J connectivity index is 5.48. The van der Waals surface area contributed by atoms with Gasteiger partial charge in [-0.15, -0.1) is 6.58 Å². The maximum absolute atomic E-state index is 11.4. The van der Waals surface area contributed by atoms with Crippen molar-refractivity contribution in [2.45, 2.75) is 12.5 Å². The van der Waals surface area contributed by atoms with Crippen molar-refractivity contribution in [3.63, 3.8) is 0 Å². The zero-order valence-corrected chi connectivity index (χ0v) is 13.8. The summed E-state index contributed by atoms with van der Waals surface area (Å²) in [5, 5.41) is 8.92. The topological polar surface area (TPSA) is 108 Å². The van der Waals surface area contributed by atoms with Gasteiger partial charge >= 0.3 is 17.9 Å². The molecule has 0 fully saturated rings. The molecule has 8 heteroatoms. The Morgan fingerprint density at radius 1 is 0.840 bits per heavy atom. The van der Waals surface area contributed by atoms with Crippen LogP contribution in [0, 0.1) is 5.41 Å². The molecular formula is C17H22O8. The Morgan fingerprint density at radius 2 is 1.20 bits per heavy atom. The van der Waals surface area contributed by atoms with Gasteiger partial charge in [-0.05, 0) is 6.42 Å². The summed E-state index contributed by atoms with van der Waals surface area (Å²) in [5.41, 5.74) is -1.21. The number of carbonyl (C=O) groups is 3. The van der Waals surface area contributed by atoms with Crippen LogP contribution in [0.2, 0.25) is 0 Å². The SMILES string of the molecule is C=CC(=O)OCC(COC(=O)C=C)(COC(=O)C=C)CC(C=C)OO. The van der Waals surface area contributed by atoms with Crippen LogP contribution in [0.25, 0.3) is 0 Å². The van der Waals surface area contributed by atoms with Crippen LogP contribution in [0.15, 0.2) is 50.6 Å². The van der Waals surface area contributed by atoms with E-state index >= 15 is 0 Å². The average molecular weight is 354 g/mol. The number of hydrogen-bond acceptors (Lipinski definition) is 8. The van der Waals surface area contributed by atoms with E-state index in [9.17, 15) is 14.4 Å². The van der Waals surface area contributed by atoms with Crippen molar-refractivity contribution in [1.29, 1.82) is 0 Å². The predicted molar refractivity (Wildman–Crippen MR) is 88.2 cm³/mol. The zero-order valence-electron chi connectivity index (χ0n) is 13.8. The van der Waals surface area contributed by atoms with E-state index in [4.69, 9.17) is 19.5 Å². The van der Waals surface area contributed by atoms with E-state index in [2.05, 4.69) is 31.2 Å². The first-order valence-electron chi connectivity index (χ1n) is 7.16. The van der Waals surface area contributed by atoms with Gasteiger partial charge in [-0.1, -0.05) is 25.8 Å². The molecule has 0 saturated carbocycles. The molecule has 0 aliphatic rings. The smallest absolute Gasteiger partial charge is 0.330 e. The van der Waals surface area contributed by atoms with Gasteiger partial charge < -0.3 is 14.2 Å². The molecule has 138 valence electrons. The molecule has 1 atom stereocenters. The summed E-state index contributed by atoms with van der Waals surface area (Å²) in [6.07, 6.45) is 3.20. The highest BCUT2D eigenvalue weighted by atomic mass is 17.1. The molecule has 0 bridgehead atoms. The largest absolute Gasteiger partial charge is 0.462 e.